The summed E-state index contributed by atoms with van der Waals surface area (Å²) in [7, 11) is 2.73. The number of carboxylic acids is 1. The van der Waals surface area contributed by atoms with E-state index in [0.29, 0.717) is 73.9 Å². The second-order valence-corrected chi connectivity index (χ2v) is 21.2. The minimum absolute atomic E-state index is 0.0648. The van der Waals surface area contributed by atoms with Crippen molar-refractivity contribution in [2.75, 3.05) is 57.2 Å². The minimum Gasteiger partial charge on any atom is -0.475 e. The fourth-order valence-electron chi connectivity index (χ4n) is 9.41. The molecule has 26 heteroatoms. The van der Waals surface area contributed by atoms with E-state index in [1.54, 1.807) is 41.6 Å². The Hall–Kier alpha value is -9.57. The number of fused-ring (bicyclic) bond motifs is 2. The van der Waals surface area contributed by atoms with Crippen LogP contribution in [0.1, 0.15) is 70.4 Å². The van der Waals surface area contributed by atoms with E-state index in [1.807, 2.05) is 83.2 Å². The van der Waals surface area contributed by atoms with Crippen molar-refractivity contribution < 1.29 is 39.5 Å². The SMILES string of the molecule is CCc1nc2ccc(-c3cnc(C(=O)N4CC[C@@H](O)C4)nc3)cn2c1N(C)c1nc(-c2ccc(F)cc2)c(C#N)s1.CCc1nc2ccc(-c3cnc(C(=O)O)nc3)cn2c1N(C)c1nc(-c2ccc(F)cc2)c(C#N)s1.O[C@@H]1CCNC1.[2H]CF. The Morgan fingerprint density at radius 1 is 0.671 bits per heavy atom. The van der Waals surface area contributed by atoms with Crippen molar-refractivity contribution in [2.45, 2.75) is 51.7 Å². The van der Waals surface area contributed by atoms with Gasteiger partial charge < -0.3 is 35.3 Å². The average Bonchev–Trinajstić information content (AvgIpc) is 1.91. The zero-order chi connectivity index (χ0) is 61.2. The predicted octanol–water partition coefficient (Wildman–Crippen LogP) is 9.34. The van der Waals surface area contributed by atoms with Crippen molar-refractivity contribution >= 4 is 67.7 Å². The van der Waals surface area contributed by atoms with Gasteiger partial charge in [-0.1, -0.05) is 36.5 Å². The first-order chi connectivity index (χ1) is 41.6. The van der Waals surface area contributed by atoms with Crippen molar-refractivity contribution in [1.82, 2.24) is 58.9 Å². The van der Waals surface area contributed by atoms with Crippen LogP contribution in [0.2, 0.25) is 0 Å². The summed E-state index contributed by atoms with van der Waals surface area (Å²) in [6, 6.07) is 23.8. The molecule has 0 saturated carbocycles. The number of carbonyl (C=O) groups is 2. The third-order valence-corrected chi connectivity index (χ3v) is 15.8. The summed E-state index contributed by atoms with van der Waals surface area (Å²) in [5, 5.41) is 51.2. The molecular weight excluding hydrogens is 1130 g/mol. The molecule has 434 valence electrons. The van der Waals surface area contributed by atoms with Gasteiger partial charge in [-0.05, 0) is 105 Å². The molecule has 1 amide bonds. The van der Waals surface area contributed by atoms with Crippen molar-refractivity contribution in [2.24, 2.45) is 0 Å². The fraction of sp³-hybridized carbons (Fsp3) is 0.254. The van der Waals surface area contributed by atoms with E-state index in [9.17, 15) is 38.4 Å². The number of rotatable bonds is 12. The molecule has 0 bridgehead atoms. The highest BCUT2D eigenvalue weighted by Crippen LogP contribution is 2.39. The van der Waals surface area contributed by atoms with Crippen LogP contribution in [0.4, 0.5) is 35.1 Å². The van der Waals surface area contributed by atoms with Crippen LogP contribution in [-0.2, 0) is 12.8 Å². The van der Waals surface area contributed by atoms with Crippen LogP contribution >= 0.6 is 22.7 Å². The molecule has 2 aromatic carbocycles. The lowest BCUT2D eigenvalue weighted by Crippen LogP contribution is -2.30. The number of thiazole rings is 2. The first-order valence-corrected chi connectivity index (χ1v) is 28.1. The van der Waals surface area contributed by atoms with E-state index in [1.165, 1.54) is 59.3 Å². The fourth-order valence-corrected chi connectivity index (χ4v) is 11.1. The number of nitrogens with one attached hydrogen (secondary N) is 1. The molecule has 2 aliphatic heterocycles. The van der Waals surface area contributed by atoms with Gasteiger partial charge in [0.1, 0.15) is 67.8 Å². The summed E-state index contributed by atoms with van der Waals surface area (Å²) in [5.41, 5.74) is 8.45. The summed E-state index contributed by atoms with van der Waals surface area (Å²) in [5.74, 6) is -0.804. The molecule has 0 aliphatic carbocycles. The summed E-state index contributed by atoms with van der Waals surface area (Å²) < 4.78 is 46.3. The van der Waals surface area contributed by atoms with E-state index in [0.717, 1.165) is 70.5 Å². The maximum atomic E-state index is 13.5. The number of β-amino-alcohol motifs (C(OH)–C–C–N with tert-alkyl or cyclic N) is 2. The number of likely N-dealkylation sites (tertiary alicyclic amines) is 1. The Morgan fingerprint density at radius 2 is 1.11 bits per heavy atom. The molecule has 2 aliphatic rings. The number of aromatic carboxylic acids is 1. The zero-order valence-electron chi connectivity index (χ0n) is 47.2. The molecule has 21 nitrogen and oxygen atoms in total. The van der Waals surface area contributed by atoms with E-state index in [4.69, 9.17) is 31.5 Å². The van der Waals surface area contributed by atoms with Crippen molar-refractivity contribution in [3.8, 4) is 56.9 Å². The van der Waals surface area contributed by atoms with Crippen LogP contribution in [0, 0.1) is 34.3 Å². The van der Waals surface area contributed by atoms with Crippen LogP contribution in [0.5, 0.6) is 0 Å². The van der Waals surface area contributed by atoms with E-state index < -0.39 is 19.2 Å². The molecule has 0 unspecified atom stereocenters. The maximum absolute atomic E-state index is 13.5. The standard InChI is InChI=1S/C29H25FN8O2S.C25H18FN7O2S.C4H9NO.CH3F/c1-3-22-27(36(2)29-35-25(23(12-31)41-29)17-4-7-20(30)8-5-17)38-15-18(6-9-24(38)34-22)19-13-32-26(33-14-19)28(40)37-11-10-21(39)16-37;1-3-18-23(32(2)25-31-21(19(10-27)36-25)14-4-7-17(26)8-5-14)33-13-15(6-9-20(33)30-18)16-11-28-22(24(34)35)29-12-16;6-4-1-2-5-3-4;1-2/h4-9,13-15,21,39H,3,10-11,16H2,1-2H3;4-9,11-13H,3H2,1-2H3,(H,34,35);4-6H,1-3H2;1H3/t21-;;4-;/m1.1./s1/i;;;1D. The summed E-state index contributed by atoms with van der Waals surface area (Å²) in [4.78, 5) is 65.4. The third kappa shape index (κ3) is 13.1. The number of aromatic nitrogens is 10. The molecular formula is C59H55F3N16O5S2. The van der Waals surface area contributed by atoms with Gasteiger partial charge in [-0.15, -0.1) is 0 Å². The monoisotopic (exact) mass is 1190 g/mol. The second-order valence-electron chi connectivity index (χ2n) is 19.2. The largest absolute Gasteiger partial charge is 0.475 e. The molecule has 12 rings (SSSR count). The summed E-state index contributed by atoms with van der Waals surface area (Å²) in [6.45, 7) is 6.58. The third-order valence-electron chi connectivity index (χ3n) is 13.7. The molecule has 0 radical (unpaired) electrons. The van der Waals surface area contributed by atoms with Crippen molar-refractivity contribution in [1.29, 1.82) is 10.5 Å². The van der Waals surface area contributed by atoms with Crippen molar-refractivity contribution in [3.63, 3.8) is 0 Å². The molecule has 85 heavy (non-hydrogen) atoms. The van der Waals surface area contributed by atoms with Crippen LogP contribution < -0.4 is 15.1 Å². The minimum atomic E-state index is -1.19. The lowest BCUT2D eigenvalue weighted by atomic mass is 10.1. The highest BCUT2D eigenvalue weighted by Gasteiger charge is 2.28. The number of nitriles is 2. The first-order valence-electron chi connectivity index (χ1n) is 27.2. The van der Waals surface area contributed by atoms with Gasteiger partial charge in [0.2, 0.25) is 11.6 Å². The number of nitrogens with zero attached hydrogens (tertiary/aromatic N) is 15. The van der Waals surface area contributed by atoms with Crippen LogP contribution in [-0.4, -0.2) is 140 Å². The predicted molar refractivity (Wildman–Crippen MR) is 316 cm³/mol. The van der Waals surface area contributed by atoms with Crippen LogP contribution in [0.25, 0.3) is 56.1 Å². The average molecular weight is 1190 g/mol. The van der Waals surface area contributed by atoms with Gasteiger partial charge in [-0.2, -0.15) is 10.5 Å². The van der Waals surface area contributed by atoms with Crippen molar-refractivity contribution in [3.05, 3.63) is 154 Å². The molecule has 2 fully saturated rings. The van der Waals surface area contributed by atoms with Gasteiger partial charge in [0.15, 0.2) is 10.3 Å². The molecule has 0 spiro atoms. The number of halogens is 3. The maximum Gasteiger partial charge on any atom is 0.373 e. The first kappa shape index (κ1) is 58.6. The Labute approximate surface area is 494 Å². The van der Waals surface area contributed by atoms with Crippen LogP contribution in [0.15, 0.2) is 110 Å². The van der Waals surface area contributed by atoms with Gasteiger partial charge in [0.05, 0.1) is 32.1 Å². The highest BCUT2D eigenvalue weighted by molar-refractivity contribution is 7.17. The number of carboxylic acid groups (broad SMARTS) is 1. The summed E-state index contributed by atoms with van der Waals surface area (Å²) >= 11 is 2.50. The van der Waals surface area contributed by atoms with E-state index >= 15 is 0 Å². The van der Waals surface area contributed by atoms with Gasteiger partial charge in [-0.3, -0.25) is 18.0 Å². The lowest BCUT2D eigenvalue weighted by Gasteiger charge is -2.17. The zero-order valence-corrected chi connectivity index (χ0v) is 47.9. The number of aryl methyl sites for hydroxylation is 2. The Kier molecular flexibility index (Phi) is 18.5. The number of amides is 1. The quantitative estimate of drug-likeness (QED) is 0.0886. The van der Waals surface area contributed by atoms with E-state index in [-0.39, 0.29) is 41.8 Å². The number of hydrogen-bond donors (Lipinski definition) is 4. The van der Waals surface area contributed by atoms with Gasteiger partial charge >= 0.3 is 5.97 Å². The number of aliphatic hydroxyl groups is 2. The Morgan fingerprint density at radius 3 is 1.46 bits per heavy atom. The number of carbonyl (C=O) groups excluding carboxylic acids is 1. The second kappa shape index (κ2) is 26.8. The Bertz CT molecular complexity index is 4110. The number of hydrogen-bond acceptors (Lipinski definition) is 19. The number of pyridine rings is 2. The van der Waals surface area contributed by atoms with Crippen LogP contribution in [0.3, 0.4) is 0 Å². The molecule has 4 N–H and O–H groups in total. The van der Waals surface area contributed by atoms with Gasteiger partial charge in [-0.25, -0.2) is 53.4 Å². The van der Waals surface area contributed by atoms with E-state index in [2.05, 4.69) is 37.4 Å². The number of benzene rings is 2. The number of alkyl halides is 1. The molecule has 10 aromatic rings. The topological polar surface area (TPSA) is 276 Å². The number of imidazole rings is 2. The Balaban J connectivity index is 0.000000181. The highest BCUT2D eigenvalue weighted by atomic mass is 32.1. The number of aliphatic hydroxyl groups excluding tert-OH is 2. The molecule has 2 saturated heterocycles. The molecule has 8 aromatic heterocycles. The normalized spacial score (nSPS) is 14.5. The van der Waals surface area contributed by atoms with Gasteiger partial charge in [0, 0.05) is 104 Å². The number of anilines is 4. The summed E-state index contributed by atoms with van der Waals surface area (Å²) in [6.07, 6.45) is 12.2. The lowest BCUT2D eigenvalue weighted by molar-refractivity contribution is 0.0682. The molecule has 2 atom stereocenters. The molecule has 10 heterocycles. The smallest absolute Gasteiger partial charge is 0.373 e. The van der Waals surface area contributed by atoms with Gasteiger partial charge in [0.25, 0.3) is 5.91 Å².